The second-order valence-electron chi connectivity index (χ2n) is 6.57. The number of rotatable bonds is 10. The molecule has 3 N–H and O–H groups in total. The molecule has 2 nitrogen and oxygen atoms in total. The Hall–Kier alpha value is -0.930. The first-order valence-electron chi connectivity index (χ1n) is 8.20. The van der Waals surface area contributed by atoms with E-state index in [4.69, 9.17) is 5.73 Å². The van der Waals surface area contributed by atoms with Crippen LogP contribution in [0, 0.1) is 5.82 Å². The third kappa shape index (κ3) is 7.58. The summed E-state index contributed by atoms with van der Waals surface area (Å²) in [6.45, 7) is 7.75. The minimum atomic E-state index is -0.207. The van der Waals surface area contributed by atoms with Gasteiger partial charge in [-0.3, -0.25) is 0 Å². The number of benzene rings is 1. The van der Waals surface area contributed by atoms with Crippen molar-refractivity contribution in [3.05, 3.63) is 35.6 Å². The van der Waals surface area contributed by atoms with Crippen molar-refractivity contribution in [2.45, 2.75) is 70.9 Å². The number of halogens is 1. The number of unbranched alkanes of at least 4 members (excludes halogenated alkanes) is 2. The fourth-order valence-electron chi connectivity index (χ4n) is 2.53. The highest BCUT2D eigenvalue weighted by molar-refractivity contribution is 5.19. The van der Waals surface area contributed by atoms with E-state index in [0.717, 1.165) is 24.9 Å². The van der Waals surface area contributed by atoms with Gasteiger partial charge in [0.05, 0.1) is 0 Å². The van der Waals surface area contributed by atoms with Crippen molar-refractivity contribution in [1.29, 1.82) is 0 Å². The molecule has 0 saturated heterocycles. The van der Waals surface area contributed by atoms with Gasteiger partial charge in [0.1, 0.15) is 5.82 Å². The summed E-state index contributed by atoms with van der Waals surface area (Å²) in [6.07, 6.45) is 7.03. The summed E-state index contributed by atoms with van der Waals surface area (Å²) in [5, 5.41) is 3.62. The number of nitrogens with two attached hydrogens (primary N) is 1. The van der Waals surface area contributed by atoms with Crippen molar-refractivity contribution < 1.29 is 4.39 Å². The highest BCUT2D eigenvalue weighted by Crippen LogP contribution is 2.17. The molecule has 21 heavy (non-hydrogen) atoms. The maximum absolute atomic E-state index is 12.9. The van der Waals surface area contributed by atoms with Crippen LogP contribution in [-0.4, -0.2) is 12.1 Å². The SMILES string of the molecule is CCCCCC(C)(C)NCCCC(N)c1ccc(F)cc1. The molecule has 0 heterocycles. The molecule has 120 valence electrons. The first-order valence-corrected chi connectivity index (χ1v) is 8.20. The summed E-state index contributed by atoms with van der Waals surface area (Å²) in [6, 6.07) is 6.51. The van der Waals surface area contributed by atoms with Crippen LogP contribution in [0.3, 0.4) is 0 Å². The molecule has 0 spiro atoms. The van der Waals surface area contributed by atoms with Gasteiger partial charge in [0.25, 0.3) is 0 Å². The van der Waals surface area contributed by atoms with E-state index in [0.29, 0.717) is 0 Å². The summed E-state index contributed by atoms with van der Waals surface area (Å²) in [5.41, 5.74) is 7.36. The zero-order chi connectivity index (χ0) is 15.7. The zero-order valence-electron chi connectivity index (χ0n) is 13.8. The average Bonchev–Trinajstić information content (AvgIpc) is 2.44. The number of hydrogen-bond donors (Lipinski definition) is 2. The zero-order valence-corrected chi connectivity index (χ0v) is 13.8. The molecule has 0 aliphatic rings. The number of hydrogen-bond acceptors (Lipinski definition) is 2. The summed E-state index contributed by atoms with van der Waals surface area (Å²) < 4.78 is 12.9. The summed E-state index contributed by atoms with van der Waals surface area (Å²) in [7, 11) is 0. The largest absolute Gasteiger partial charge is 0.324 e. The second kappa shape index (κ2) is 9.16. The molecule has 1 rings (SSSR count). The lowest BCUT2D eigenvalue weighted by Crippen LogP contribution is -2.39. The normalized spacial score (nSPS) is 13.4. The van der Waals surface area contributed by atoms with Gasteiger partial charge in [-0.25, -0.2) is 4.39 Å². The Bertz CT molecular complexity index is 387. The Morgan fingerprint density at radius 3 is 2.43 bits per heavy atom. The molecule has 0 aliphatic carbocycles. The second-order valence-corrected chi connectivity index (χ2v) is 6.57. The van der Waals surface area contributed by atoms with Gasteiger partial charge >= 0.3 is 0 Å². The highest BCUT2D eigenvalue weighted by Gasteiger charge is 2.15. The van der Waals surface area contributed by atoms with Crippen LogP contribution >= 0.6 is 0 Å². The predicted molar refractivity (Wildman–Crippen MR) is 88.8 cm³/mol. The molecule has 0 radical (unpaired) electrons. The highest BCUT2D eigenvalue weighted by atomic mass is 19.1. The molecule has 1 unspecified atom stereocenters. The lowest BCUT2D eigenvalue weighted by atomic mass is 9.96. The first kappa shape index (κ1) is 18.1. The Kier molecular flexibility index (Phi) is 7.91. The third-order valence-corrected chi connectivity index (χ3v) is 4.00. The fraction of sp³-hybridized carbons (Fsp3) is 0.667. The van der Waals surface area contributed by atoms with Gasteiger partial charge in [0, 0.05) is 11.6 Å². The van der Waals surface area contributed by atoms with Gasteiger partial charge in [-0.15, -0.1) is 0 Å². The standard InChI is InChI=1S/C18H31FN2/c1-4-5-6-13-18(2,3)21-14-7-8-17(20)15-9-11-16(19)12-10-15/h9-12,17,21H,4-8,13-14,20H2,1-3H3. The van der Waals surface area contributed by atoms with E-state index < -0.39 is 0 Å². The van der Waals surface area contributed by atoms with Gasteiger partial charge in [0.2, 0.25) is 0 Å². The van der Waals surface area contributed by atoms with Crippen molar-refractivity contribution in [2.24, 2.45) is 5.73 Å². The summed E-state index contributed by atoms with van der Waals surface area (Å²) in [5.74, 6) is -0.207. The maximum Gasteiger partial charge on any atom is 0.123 e. The summed E-state index contributed by atoms with van der Waals surface area (Å²) >= 11 is 0. The lowest BCUT2D eigenvalue weighted by molar-refractivity contribution is 0.343. The molecule has 0 bridgehead atoms. The van der Waals surface area contributed by atoms with Gasteiger partial charge in [-0.1, -0.05) is 38.3 Å². The molecule has 0 aliphatic heterocycles. The molecular formula is C18H31FN2. The Balaban J connectivity index is 2.22. The van der Waals surface area contributed by atoms with Gasteiger partial charge in [0.15, 0.2) is 0 Å². The Morgan fingerprint density at radius 2 is 1.81 bits per heavy atom. The lowest BCUT2D eigenvalue weighted by Gasteiger charge is -2.26. The van der Waals surface area contributed by atoms with Crippen LogP contribution in [0.2, 0.25) is 0 Å². The number of nitrogens with one attached hydrogen (secondary N) is 1. The molecule has 0 amide bonds. The van der Waals surface area contributed by atoms with E-state index in [9.17, 15) is 4.39 Å². The molecule has 1 aromatic carbocycles. The third-order valence-electron chi connectivity index (χ3n) is 4.00. The summed E-state index contributed by atoms with van der Waals surface area (Å²) in [4.78, 5) is 0. The molecule has 0 saturated carbocycles. The Morgan fingerprint density at radius 1 is 1.14 bits per heavy atom. The molecule has 0 aromatic heterocycles. The van der Waals surface area contributed by atoms with Crippen molar-refractivity contribution in [3.63, 3.8) is 0 Å². The van der Waals surface area contributed by atoms with Crippen molar-refractivity contribution in [2.75, 3.05) is 6.54 Å². The topological polar surface area (TPSA) is 38.0 Å². The van der Waals surface area contributed by atoms with Crippen LogP contribution in [0.5, 0.6) is 0 Å². The minimum Gasteiger partial charge on any atom is -0.324 e. The van der Waals surface area contributed by atoms with E-state index >= 15 is 0 Å². The first-order chi connectivity index (χ1) is 9.94. The Labute approximate surface area is 129 Å². The van der Waals surface area contributed by atoms with Crippen LogP contribution in [0.15, 0.2) is 24.3 Å². The van der Waals surface area contributed by atoms with Crippen molar-refractivity contribution in [1.82, 2.24) is 5.32 Å². The quantitative estimate of drug-likeness (QED) is 0.621. The van der Waals surface area contributed by atoms with E-state index in [-0.39, 0.29) is 17.4 Å². The predicted octanol–water partition coefficient (Wildman–Crippen LogP) is 4.55. The fourth-order valence-corrected chi connectivity index (χ4v) is 2.53. The van der Waals surface area contributed by atoms with E-state index in [1.54, 1.807) is 12.1 Å². The smallest absolute Gasteiger partial charge is 0.123 e. The van der Waals surface area contributed by atoms with E-state index in [1.165, 1.54) is 37.8 Å². The van der Waals surface area contributed by atoms with Crippen LogP contribution in [0.25, 0.3) is 0 Å². The van der Waals surface area contributed by atoms with Crippen LogP contribution in [-0.2, 0) is 0 Å². The monoisotopic (exact) mass is 294 g/mol. The molecular weight excluding hydrogens is 263 g/mol. The molecule has 1 aromatic rings. The minimum absolute atomic E-state index is 0.00407. The maximum atomic E-state index is 12.9. The van der Waals surface area contributed by atoms with Gasteiger partial charge < -0.3 is 11.1 Å². The van der Waals surface area contributed by atoms with Crippen LogP contribution in [0.4, 0.5) is 4.39 Å². The van der Waals surface area contributed by atoms with Crippen LogP contribution in [0.1, 0.15) is 70.9 Å². The van der Waals surface area contributed by atoms with Crippen LogP contribution < -0.4 is 11.1 Å². The molecule has 0 fully saturated rings. The molecule has 3 heteroatoms. The van der Waals surface area contributed by atoms with Gasteiger partial charge in [-0.05, 0) is 57.4 Å². The van der Waals surface area contributed by atoms with E-state index in [1.807, 2.05) is 0 Å². The average molecular weight is 294 g/mol. The van der Waals surface area contributed by atoms with Gasteiger partial charge in [-0.2, -0.15) is 0 Å². The van der Waals surface area contributed by atoms with Crippen molar-refractivity contribution in [3.8, 4) is 0 Å². The molecule has 1 atom stereocenters. The van der Waals surface area contributed by atoms with E-state index in [2.05, 4.69) is 26.1 Å². The van der Waals surface area contributed by atoms with Crippen molar-refractivity contribution >= 4 is 0 Å².